The quantitative estimate of drug-likeness (QED) is 0.199. The highest BCUT2D eigenvalue weighted by molar-refractivity contribution is 14.0. The zero-order valence-corrected chi connectivity index (χ0v) is 18.5. The van der Waals surface area contributed by atoms with Crippen molar-refractivity contribution in [3.05, 3.63) is 35.4 Å². The van der Waals surface area contributed by atoms with Crippen LogP contribution < -0.4 is 16.0 Å². The van der Waals surface area contributed by atoms with Gasteiger partial charge in [0.15, 0.2) is 5.96 Å². The maximum absolute atomic E-state index is 12.0. The van der Waals surface area contributed by atoms with Crippen molar-refractivity contribution in [3.8, 4) is 0 Å². The third-order valence-corrected chi connectivity index (χ3v) is 3.61. The number of guanidine groups is 1. The van der Waals surface area contributed by atoms with Gasteiger partial charge in [-0.1, -0.05) is 25.5 Å². The smallest absolute Gasteiger partial charge is 0.251 e. The minimum atomic E-state index is -0.0170. The first-order valence-electron chi connectivity index (χ1n) is 9.09. The topological polar surface area (TPSA) is 74.8 Å². The predicted octanol–water partition coefficient (Wildman–Crippen LogP) is 2.93. The summed E-state index contributed by atoms with van der Waals surface area (Å²) in [6.07, 6.45) is 3.01. The average Bonchev–Trinajstić information content (AvgIpc) is 2.63. The molecule has 1 aromatic rings. The van der Waals surface area contributed by atoms with Gasteiger partial charge in [0.05, 0.1) is 6.54 Å². The van der Waals surface area contributed by atoms with Gasteiger partial charge in [0.2, 0.25) is 0 Å². The number of unbranched alkanes of at least 4 members (excludes halogenated alkanes) is 1. The van der Waals surface area contributed by atoms with Gasteiger partial charge >= 0.3 is 0 Å². The largest absolute Gasteiger partial charge is 0.385 e. The minimum absolute atomic E-state index is 0. The Labute approximate surface area is 174 Å². The molecule has 0 fully saturated rings. The second-order valence-electron chi connectivity index (χ2n) is 5.77. The van der Waals surface area contributed by atoms with Crippen LogP contribution in [0.5, 0.6) is 0 Å². The monoisotopic (exact) mass is 476 g/mol. The Morgan fingerprint density at radius 1 is 1.04 bits per heavy atom. The molecule has 1 rings (SSSR count). The van der Waals surface area contributed by atoms with Crippen LogP contribution in [0, 0.1) is 0 Å². The summed E-state index contributed by atoms with van der Waals surface area (Å²) in [6.45, 7) is 7.80. The van der Waals surface area contributed by atoms with Crippen molar-refractivity contribution in [2.75, 3.05) is 33.4 Å². The summed E-state index contributed by atoms with van der Waals surface area (Å²) < 4.78 is 5.04. The number of nitrogens with zero attached hydrogens (tertiary/aromatic N) is 1. The van der Waals surface area contributed by atoms with Crippen LogP contribution in [0.3, 0.4) is 0 Å². The summed E-state index contributed by atoms with van der Waals surface area (Å²) in [5.41, 5.74) is 1.76. The van der Waals surface area contributed by atoms with Crippen molar-refractivity contribution in [1.29, 1.82) is 0 Å². The standard InChI is InChI=1S/C19H32N4O2.HI/c1-4-6-12-21-18(24)17-10-8-16(9-11-17)15-23-19(20-5-2)22-13-7-14-25-3;/h8-11H,4-7,12-15H2,1-3H3,(H,21,24)(H2,20,22,23);1H. The number of rotatable bonds is 11. The van der Waals surface area contributed by atoms with Gasteiger partial charge in [0.1, 0.15) is 0 Å². The molecule has 0 aromatic heterocycles. The molecular weight excluding hydrogens is 443 g/mol. The SMILES string of the molecule is CCCCNC(=O)c1ccc(CN=C(NCC)NCCCOC)cc1.I. The molecule has 7 heteroatoms. The Morgan fingerprint density at radius 2 is 1.73 bits per heavy atom. The van der Waals surface area contributed by atoms with Crippen LogP contribution in [0.15, 0.2) is 29.3 Å². The van der Waals surface area contributed by atoms with E-state index in [4.69, 9.17) is 4.74 Å². The molecule has 0 radical (unpaired) electrons. The summed E-state index contributed by atoms with van der Waals surface area (Å²) in [5, 5.41) is 9.42. The molecule has 0 unspecified atom stereocenters. The highest BCUT2D eigenvalue weighted by Crippen LogP contribution is 2.06. The Morgan fingerprint density at radius 3 is 2.35 bits per heavy atom. The average molecular weight is 476 g/mol. The molecule has 1 amide bonds. The molecule has 0 saturated heterocycles. The Kier molecular flexibility index (Phi) is 15.0. The molecule has 0 saturated carbocycles. The van der Waals surface area contributed by atoms with Gasteiger partial charge in [-0.15, -0.1) is 24.0 Å². The maximum atomic E-state index is 12.0. The number of ether oxygens (including phenoxy) is 1. The number of halogens is 1. The number of carbonyl (C=O) groups is 1. The van der Waals surface area contributed by atoms with E-state index in [9.17, 15) is 4.79 Å². The van der Waals surface area contributed by atoms with Crippen molar-refractivity contribution < 1.29 is 9.53 Å². The summed E-state index contributed by atoms with van der Waals surface area (Å²) >= 11 is 0. The van der Waals surface area contributed by atoms with Gasteiger partial charge in [-0.25, -0.2) is 4.99 Å². The second-order valence-corrected chi connectivity index (χ2v) is 5.77. The van der Waals surface area contributed by atoms with E-state index >= 15 is 0 Å². The second kappa shape index (κ2) is 15.9. The number of hydrogen-bond acceptors (Lipinski definition) is 3. The first-order valence-corrected chi connectivity index (χ1v) is 9.09. The van der Waals surface area contributed by atoms with E-state index in [1.54, 1.807) is 7.11 Å². The van der Waals surface area contributed by atoms with E-state index in [0.29, 0.717) is 12.1 Å². The summed E-state index contributed by atoms with van der Waals surface area (Å²) in [7, 11) is 1.70. The fraction of sp³-hybridized carbons (Fsp3) is 0.579. The van der Waals surface area contributed by atoms with Gasteiger partial charge in [0, 0.05) is 38.9 Å². The van der Waals surface area contributed by atoms with E-state index < -0.39 is 0 Å². The van der Waals surface area contributed by atoms with Gasteiger partial charge < -0.3 is 20.7 Å². The molecular formula is C19H33IN4O2. The van der Waals surface area contributed by atoms with Crippen molar-refractivity contribution in [2.24, 2.45) is 4.99 Å². The molecule has 1 aromatic carbocycles. The third-order valence-electron chi connectivity index (χ3n) is 3.61. The molecule has 148 valence electrons. The van der Waals surface area contributed by atoms with E-state index in [1.807, 2.05) is 31.2 Å². The predicted molar refractivity (Wildman–Crippen MR) is 118 cm³/mol. The fourth-order valence-corrected chi connectivity index (χ4v) is 2.18. The summed E-state index contributed by atoms with van der Waals surface area (Å²) in [6, 6.07) is 7.61. The fourth-order valence-electron chi connectivity index (χ4n) is 2.18. The van der Waals surface area contributed by atoms with E-state index in [0.717, 1.165) is 57.0 Å². The third kappa shape index (κ3) is 10.6. The molecule has 3 N–H and O–H groups in total. The molecule has 26 heavy (non-hydrogen) atoms. The number of methoxy groups -OCH3 is 1. The van der Waals surface area contributed by atoms with Crippen LogP contribution in [-0.2, 0) is 11.3 Å². The van der Waals surface area contributed by atoms with Crippen LogP contribution in [0.2, 0.25) is 0 Å². The number of benzene rings is 1. The lowest BCUT2D eigenvalue weighted by Gasteiger charge is -2.11. The van der Waals surface area contributed by atoms with Gasteiger partial charge in [0.25, 0.3) is 5.91 Å². The van der Waals surface area contributed by atoms with Crippen LogP contribution in [0.1, 0.15) is 49.0 Å². The first-order chi connectivity index (χ1) is 12.2. The molecule has 0 spiro atoms. The normalized spacial score (nSPS) is 10.8. The lowest BCUT2D eigenvalue weighted by atomic mass is 10.1. The van der Waals surface area contributed by atoms with Gasteiger partial charge in [-0.05, 0) is 37.5 Å². The molecule has 6 nitrogen and oxygen atoms in total. The number of carbonyl (C=O) groups excluding carboxylic acids is 1. The molecule has 0 atom stereocenters. The van der Waals surface area contributed by atoms with E-state index in [-0.39, 0.29) is 29.9 Å². The number of amides is 1. The van der Waals surface area contributed by atoms with Crippen LogP contribution in [-0.4, -0.2) is 45.2 Å². The molecule has 0 aliphatic rings. The summed E-state index contributed by atoms with van der Waals surface area (Å²) in [4.78, 5) is 16.6. The Balaban J connectivity index is 0.00000625. The number of nitrogens with one attached hydrogen (secondary N) is 3. The van der Waals surface area contributed by atoms with Crippen molar-refractivity contribution >= 4 is 35.8 Å². The Hall–Kier alpha value is -1.35. The Bertz CT molecular complexity index is 521. The number of hydrogen-bond donors (Lipinski definition) is 3. The highest BCUT2D eigenvalue weighted by Gasteiger charge is 2.04. The lowest BCUT2D eigenvalue weighted by molar-refractivity contribution is 0.0953. The molecule has 0 heterocycles. The summed E-state index contributed by atoms with van der Waals surface area (Å²) in [5.74, 6) is 0.775. The van der Waals surface area contributed by atoms with Crippen molar-refractivity contribution in [2.45, 2.75) is 39.7 Å². The number of aliphatic imine (C=N–C) groups is 1. The molecule has 0 aliphatic heterocycles. The zero-order valence-electron chi connectivity index (χ0n) is 16.1. The van der Waals surface area contributed by atoms with Crippen LogP contribution in [0.4, 0.5) is 0 Å². The van der Waals surface area contributed by atoms with Crippen LogP contribution >= 0.6 is 24.0 Å². The van der Waals surface area contributed by atoms with Crippen molar-refractivity contribution in [3.63, 3.8) is 0 Å². The van der Waals surface area contributed by atoms with E-state index in [1.165, 1.54) is 0 Å². The lowest BCUT2D eigenvalue weighted by Crippen LogP contribution is -2.38. The highest BCUT2D eigenvalue weighted by atomic mass is 127. The van der Waals surface area contributed by atoms with Gasteiger partial charge in [-0.3, -0.25) is 4.79 Å². The zero-order chi connectivity index (χ0) is 18.3. The minimum Gasteiger partial charge on any atom is -0.385 e. The van der Waals surface area contributed by atoms with Gasteiger partial charge in [-0.2, -0.15) is 0 Å². The molecule has 0 bridgehead atoms. The van der Waals surface area contributed by atoms with Crippen LogP contribution in [0.25, 0.3) is 0 Å². The maximum Gasteiger partial charge on any atom is 0.251 e. The first kappa shape index (κ1) is 24.7. The van der Waals surface area contributed by atoms with E-state index in [2.05, 4.69) is 27.9 Å². The van der Waals surface area contributed by atoms with Crippen molar-refractivity contribution in [1.82, 2.24) is 16.0 Å². The molecule has 0 aliphatic carbocycles.